The molecule has 0 atom stereocenters. The lowest BCUT2D eigenvalue weighted by molar-refractivity contribution is 0.0600. The Morgan fingerprint density at radius 2 is 1.90 bits per heavy atom. The van der Waals surface area contributed by atoms with E-state index in [1.165, 1.54) is 7.11 Å². The zero-order chi connectivity index (χ0) is 14.5. The molecule has 0 aliphatic carbocycles. The van der Waals surface area contributed by atoms with Crippen molar-refractivity contribution in [2.45, 2.75) is 13.5 Å². The molecule has 0 radical (unpaired) electrons. The number of aryl methyl sites for hydroxylation is 1. The molecule has 0 unspecified atom stereocenters. The molecule has 2 aromatic rings. The van der Waals surface area contributed by atoms with Gasteiger partial charge in [-0.2, -0.15) is 0 Å². The van der Waals surface area contributed by atoms with Crippen molar-refractivity contribution in [1.82, 2.24) is 10.3 Å². The summed E-state index contributed by atoms with van der Waals surface area (Å²) >= 11 is 1.55. The first-order valence-corrected chi connectivity index (χ1v) is 6.79. The molecule has 1 heterocycles. The van der Waals surface area contributed by atoms with Gasteiger partial charge in [-0.25, -0.2) is 9.78 Å². The first-order chi connectivity index (χ1) is 9.60. The van der Waals surface area contributed by atoms with Crippen molar-refractivity contribution in [1.29, 1.82) is 0 Å². The molecule has 1 aromatic carbocycles. The number of esters is 1. The normalized spacial score (nSPS) is 10.1. The topological polar surface area (TPSA) is 68.3 Å². The first kappa shape index (κ1) is 14.2. The zero-order valence-electron chi connectivity index (χ0n) is 11.2. The fourth-order valence-corrected chi connectivity index (χ4v) is 2.37. The summed E-state index contributed by atoms with van der Waals surface area (Å²) in [5.41, 5.74) is 0.918. The maximum Gasteiger partial charge on any atom is 0.337 e. The van der Waals surface area contributed by atoms with E-state index >= 15 is 0 Å². The Morgan fingerprint density at radius 1 is 1.25 bits per heavy atom. The first-order valence-electron chi connectivity index (χ1n) is 5.98. The van der Waals surface area contributed by atoms with Crippen LogP contribution in [0.4, 0.5) is 0 Å². The van der Waals surface area contributed by atoms with Crippen LogP contribution in [0, 0.1) is 6.92 Å². The van der Waals surface area contributed by atoms with Crippen LogP contribution in [-0.2, 0) is 11.3 Å². The van der Waals surface area contributed by atoms with Gasteiger partial charge in [-0.1, -0.05) is 0 Å². The zero-order valence-corrected chi connectivity index (χ0v) is 12.0. The van der Waals surface area contributed by atoms with Crippen LogP contribution >= 0.6 is 11.3 Å². The van der Waals surface area contributed by atoms with Gasteiger partial charge in [0.1, 0.15) is 0 Å². The summed E-state index contributed by atoms with van der Waals surface area (Å²) in [6, 6.07) is 6.33. The standard InChI is InChI=1S/C14H14N2O3S/c1-9-15-7-12(20-9)8-16-13(17)10-3-5-11(6-4-10)14(18)19-2/h3-7H,8H2,1-2H3,(H,16,17). The van der Waals surface area contributed by atoms with Crippen molar-refractivity contribution in [3.05, 3.63) is 51.5 Å². The number of ether oxygens (including phenoxy) is 1. The van der Waals surface area contributed by atoms with Crippen LogP contribution in [0.2, 0.25) is 0 Å². The molecule has 0 aliphatic rings. The molecular weight excluding hydrogens is 276 g/mol. The molecule has 2 rings (SSSR count). The summed E-state index contributed by atoms with van der Waals surface area (Å²) in [5.74, 6) is -0.607. The van der Waals surface area contributed by atoms with Crippen molar-refractivity contribution in [2.75, 3.05) is 7.11 Å². The highest BCUT2D eigenvalue weighted by Crippen LogP contribution is 2.11. The fraction of sp³-hybridized carbons (Fsp3) is 0.214. The number of methoxy groups -OCH3 is 1. The number of benzene rings is 1. The Bertz CT molecular complexity index is 620. The minimum absolute atomic E-state index is 0.188. The number of carbonyl (C=O) groups is 2. The van der Waals surface area contributed by atoms with Gasteiger partial charge in [0.05, 0.1) is 24.2 Å². The van der Waals surface area contributed by atoms with Crippen LogP contribution in [-0.4, -0.2) is 24.0 Å². The average molecular weight is 290 g/mol. The van der Waals surface area contributed by atoms with Crippen molar-refractivity contribution in [2.24, 2.45) is 0 Å². The number of thiazole rings is 1. The maximum absolute atomic E-state index is 11.9. The van der Waals surface area contributed by atoms with Gasteiger partial charge in [0, 0.05) is 16.6 Å². The molecule has 0 fully saturated rings. The lowest BCUT2D eigenvalue weighted by Gasteiger charge is -2.04. The van der Waals surface area contributed by atoms with E-state index in [1.807, 2.05) is 6.92 Å². The highest BCUT2D eigenvalue weighted by atomic mass is 32.1. The molecule has 104 valence electrons. The van der Waals surface area contributed by atoms with E-state index in [0.717, 1.165) is 9.88 Å². The lowest BCUT2D eigenvalue weighted by Crippen LogP contribution is -2.22. The number of hydrogen-bond donors (Lipinski definition) is 1. The van der Waals surface area contributed by atoms with E-state index in [1.54, 1.807) is 41.8 Å². The Labute approximate surface area is 120 Å². The highest BCUT2D eigenvalue weighted by Gasteiger charge is 2.09. The molecule has 0 bridgehead atoms. The van der Waals surface area contributed by atoms with E-state index in [2.05, 4.69) is 15.0 Å². The summed E-state index contributed by atoms with van der Waals surface area (Å²) in [4.78, 5) is 28.3. The van der Waals surface area contributed by atoms with Gasteiger partial charge < -0.3 is 10.1 Å². The molecule has 1 amide bonds. The predicted octanol–water partition coefficient (Wildman–Crippen LogP) is 2.17. The number of aromatic nitrogens is 1. The van der Waals surface area contributed by atoms with Gasteiger partial charge in [-0.3, -0.25) is 4.79 Å². The third-order valence-corrected chi connectivity index (χ3v) is 3.57. The average Bonchev–Trinajstić information content (AvgIpc) is 2.89. The molecule has 20 heavy (non-hydrogen) atoms. The Kier molecular flexibility index (Phi) is 4.47. The van der Waals surface area contributed by atoms with E-state index in [0.29, 0.717) is 17.7 Å². The van der Waals surface area contributed by atoms with E-state index in [9.17, 15) is 9.59 Å². The fourth-order valence-electron chi connectivity index (χ4n) is 1.63. The van der Waals surface area contributed by atoms with Crippen molar-refractivity contribution in [3.63, 3.8) is 0 Å². The largest absolute Gasteiger partial charge is 0.465 e. The number of hydrogen-bond acceptors (Lipinski definition) is 5. The summed E-state index contributed by atoms with van der Waals surface area (Å²) < 4.78 is 4.60. The number of nitrogens with zero attached hydrogens (tertiary/aromatic N) is 1. The Hall–Kier alpha value is -2.21. The van der Waals surface area contributed by atoms with Crippen LogP contribution in [0.3, 0.4) is 0 Å². The highest BCUT2D eigenvalue weighted by molar-refractivity contribution is 7.11. The van der Waals surface area contributed by atoms with Crippen LogP contribution in [0.25, 0.3) is 0 Å². The van der Waals surface area contributed by atoms with Crippen LogP contribution in [0.5, 0.6) is 0 Å². The minimum atomic E-state index is -0.419. The van der Waals surface area contributed by atoms with Gasteiger partial charge in [0.15, 0.2) is 0 Å². The second-order valence-electron chi connectivity index (χ2n) is 4.10. The van der Waals surface area contributed by atoms with Gasteiger partial charge in [0.25, 0.3) is 5.91 Å². The van der Waals surface area contributed by atoms with Crippen molar-refractivity contribution < 1.29 is 14.3 Å². The van der Waals surface area contributed by atoms with Gasteiger partial charge in [0.2, 0.25) is 0 Å². The van der Waals surface area contributed by atoms with Gasteiger partial charge in [-0.05, 0) is 31.2 Å². The smallest absolute Gasteiger partial charge is 0.337 e. The van der Waals surface area contributed by atoms with Crippen molar-refractivity contribution in [3.8, 4) is 0 Å². The molecule has 1 aromatic heterocycles. The number of amides is 1. The molecular formula is C14H14N2O3S. The second-order valence-corrected chi connectivity index (χ2v) is 5.42. The molecule has 1 N–H and O–H groups in total. The maximum atomic E-state index is 11.9. The van der Waals surface area contributed by atoms with Crippen LogP contribution < -0.4 is 5.32 Å². The summed E-state index contributed by atoms with van der Waals surface area (Å²) in [6.07, 6.45) is 1.75. The van der Waals surface area contributed by atoms with E-state index in [-0.39, 0.29) is 5.91 Å². The number of nitrogens with one attached hydrogen (secondary N) is 1. The Balaban J connectivity index is 1.97. The SMILES string of the molecule is COC(=O)c1ccc(C(=O)NCc2cnc(C)s2)cc1. The van der Waals surface area contributed by atoms with E-state index in [4.69, 9.17) is 0 Å². The molecule has 0 saturated carbocycles. The molecule has 5 nitrogen and oxygen atoms in total. The molecule has 6 heteroatoms. The summed E-state index contributed by atoms with van der Waals surface area (Å²) in [5, 5.41) is 3.78. The van der Waals surface area contributed by atoms with Crippen LogP contribution in [0.1, 0.15) is 30.6 Å². The van der Waals surface area contributed by atoms with Gasteiger partial charge in [-0.15, -0.1) is 11.3 Å². The Morgan fingerprint density at radius 3 is 2.45 bits per heavy atom. The van der Waals surface area contributed by atoms with Crippen LogP contribution in [0.15, 0.2) is 30.5 Å². The lowest BCUT2D eigenvalue weighted by atomic mass is 10.1. The predicted molar refractivity (Wildman–Crippen MR) is 75.8 cm³/mol. The third kappa shape index (κ3) is 3.42. The van der Waals surface area contributed by atoms with Crippen molar-refractivity contribution >= 4 is 23.2 Å². The summed E-state index contributed by atoms with van der Waals surface area (Å²) in [6.45, 7) is 2.37. The molecule has 0 aliphatic heterocycles. The molecule has 0 spiro atoms. The summed E-state index contributed by atoms with van der Waals surface area (Å²) in [7, 11) is 1.32. The van der Waals surface area contributed by atoms with E-state index < -0.39 is 5.97 Å². The number of carbonyl (C=O) groups excluding carboxylic acids is 2. The monoisotopic (exact) mass is 290 g/mol. The third-order valence-electron chi connectivity index (χ3n) is 2.66. The molecule has 0 saturated heterocycles. The second kappa shape index (κ2) is 6.29. The van der Waals surface area contributed by atoms with Gasteiger partial charge >= 0.3 is 5.97 Å². The number of rotatable bonds is 4. The minimum Gasteiger partial charge on any atom is -0.465 e. The quantitative estimate of drug-likeness (QED) is 0.876.